The van der Waals surface area contributed by atoms with Gasteiger partial charge in [0.2, 0.25) is 0 Å². The standard InChI is InChI=1S/C22H18N2O2S/c1-3-13-24-19-12-11-15-7-4-5-10-18(15)20(19)27-22(24)23-21(25)16-8-6-9-17(14-16)26-2/h3-12,14H,1,13H2,2H3. The molecule has 5 heteroatoms. The number of amides is 1. The molecule has 4 aromatic rings. The third-order valence-electron chi connectivity index (χ3n) is 4.40. The Kier molecular flexibility index (Phi) is 4.60. The lowest BCUT2D eigenvalue weighted by Crippen LogP contribution is -2.16. The number of aromatic nitrogens is 1. The second-order valence-electron chi connectivity index (χ2n) is 6.07. The van der Waals surface area contributed by atoms with Gasteiger partial charge >= 0.3 is 0 Å². The van der Waals surface area contributed by atoms with Crippen LogP contribution in [0.2, 0.25) is 0 Å². The average molecular weight is 374 g/mol. The van der Waals surface area contributed by atoms with Crippen molar-refractivity contribution in [2.75, 3.05) is 7.11 Å². The molecule has 0 atom stereocenters. The molecule has 0 aliphatic carbocycles. The van der Waals surface area contributed by atoms with Gasteiger partial charge in [-0.1, -0.05) is 53.8 Å². The summed E-state index contributed by atoms with van der Waals surface area (Å²) in [5.74, 6) is 0.347. The van der Waals surface area contributed by atoms with Gasteiger partial charge in [0.25, 0.3) is 5.91 Å². The number of methoxy groups -OCH3 is 1. The Morgan fingerprint density at radius 1 is 1.19 bits per heavy atom. The summed E-state index contributed by atoms with van der Waals surface area (Å²) >= 11 is 1.52. The minimum absolute atomic E-state index is 0.289. The van der Waals surface area contributed by atoms with E-state index in [0.29, 0.717) is 22.7 Å². The fourth-order valence-electron chi connectivity index (χ4n) is 3.10. The summed E-state index contributed by atoms with van der Waals surface area (Å²) in [5.41, 5.74) is 1.55. The Balaban J connectivity index is 1.92. The molecule has 0 unspecified atom stereocenters. The molecule has 0 fully saturated rings. The average Bonchev–Trinajstić information content (AvgIpc) is 3.06. The van der Waals surface area contributed by atoms with Crippen molar-refractivity contribution in [2.24, 2.45) is 4.99 Å². The van der Waals surface area contributed by atoms with Crippen molar-refractivity contribution in [3.8, 4) is 5.75 Å². The quantitative estimate of drug-likeness (QED) is 0.482. The van der Waals surface area contributed by atoms with E-state index in [1.807, 2.05) is 22.8 Å². The monoisotopic (exact) mass is 374 g/mol. The van der Waals surface area contributed by atoms with Gasteiger partial charge in [0.05, 0.1) is 17.3 Å². The second-order valence-corrected chi connectivity index (χ2v) is 7.05. The van der Waals surface area contributed by atoms with Gasteiger partial charge in [0.1, 0.15) is 5.75 Å². The number of nitrogens with zero attached hydrogens (tertiary/aromatic N) is 2. The summed E-state index contributed by atoms with van der Waals surface area (Å²) < 4.78 is 8.35. The maximum absolute atomic E-state index is 12.7. The summed E-state index contributed by atoms with van der Waals surface area (Å²) in [4.78, 5) is 17.8. The van der Waals surface area contributed by atoms with Crippen molar-refractivity contribution in [2.45, 2.75) is 6.54 Å². The van der Waals surface area contributed by atoms with E-state index in [2.05, 4.69) is 35.8 Å². The molecule has 1 aromatic heterocycles. The maximum atomic E-state index is 12.7. The van der Waals surface area contributed by atoms with E-state index >= 15 is 0 Å². The van der Waals surface area contributed by atoms with Crippen LogP contribution in [-0.4, -0.2) is 17.6 Å². The predicted molar refractivity (Wildman–Crippen MR) is 110 cm³/mol. The summed E-state index contributed by atoms with van der Waals surface area (Å²) in [6.45, 7) is 4.43. The molecule has 0 saturated carbocycles. The van der Waals surface area contributed by atoms with Gasteiger partial charge in [0.15, 0.2) is 4.80 Å². The summed E-state index contributed by atoms with van der Waals surface area (Å²) in [5, 5.41) is 2.33. The minimum Gasteiger partial charge on any atom is -0.497 e. The van der Waals surface area contributed by atoms with Crippen LogP contribution in [-0.2, 0) is 6.54 Å². The van der Waals surface area contributed by atoms with E-state index in [1.54, 1.807) is 31.4 Å². The van der Waals surface area contributed by atoms with Gasteiger partial charge in [-0.15, -0.1) is 6.58 Å². The first kappa shape index (κ1) is 17.2. The molecule has 0 bridgehead atoms. The smallest absolute Gasteiger partial charge is 0.279 e. The SMILES string of the molecule is C=CCn1c(=NC(=O)c2cccc(OC)c2)sc2c3ccccc3ccc21. The molecule has 0 N–H and O–H groups in total. The number of rotatable bonds is 4. The molecule has 3 aromatic carbocycles. The zero-order valence-corrected chi connectivity index (χ0v) is 15.7. The molecule has 1 amide bonds. The third kappa shape index (κ3) is 3.17. The van der Waals surface area contributed by atoms with Crippen molar-refractivity contribution < 1.29 is 9.53 Å². The third-order valence-corrected chi connectivity index (χ3v) is 5.53. The molecule has 0 radical (unpaired) electrons. The first-order valence-electron chi connectivity index (χ1n) is 8.56. The highest BCUT2D eigenvalue weighted by Crippen LogP contribution is 2.27. The number of hydrogen-bond donors (Lipinski definition) is 0. The highest BCUT2D eigenvalue weighted by atomic mass is 32.1. The van der Waals surface area contributed by atoms with E-state index in [0.717, 1.165) is 15.6 Å². The van der Waals surface area contributed by atoms with Crippen molar-refractivity contribution in [3.05, 3.63) is 83.7 Å². The lowest BCUT2D eigenvalue weighted by Gasteiger charge is -2.03. The van der Waals surface area contributed by atoms with Crippen LogP contribution in [0.5, 0.6) is 5.75 Å². The van der Waals surface area contributed by atoms with Crippen LogP contribution in [0, 0.1) is 0 Å². The minimum atomic E-state index is -0.289. The van der Waals surface area contributed by atoms with Crippen LogP contribution >= 0.6 is 11.3 Å². The van der Waals surface area contributed by atoms with Gasteiger partial charge in [-0.05, 0) is 29.7 Å². The number of hydrogen-bond acceptors (Lipinski definition) is 3. The highest BCUT2D eigenvalue weighted by molar-refractivity contribution is 7.17. The van der Waals surface area contributed by atoms with E-state index in [9.17, 15) is 4.79 Å². The van der Waals surface area contributed by atoms with E-state index < -0.39 is 0 Å². The molecule has 0 saturated heterocycles. The molecule has 134 valence electrons. The Hall–Kier alpha value is -3.18. The number of benzene rings is 3. The fraction of sp³-hybridized carbons (Fsp3) is 0.0909. The number of carbonyl (C=O) groups is 1. The Bertz CT molecular complexity index is 1230. The number of fused-ring (bicyclic) bond motifs is 3. The maximum Gasteiger partial charge on any atom is 0.279 e. The van der Waals surface area contributed by atoms with Crippen LogP contribution in [0.3, 0.4) is 0 Å². The van der Waals surface area contributed by atoms with Gasteiger partial charge in [-0.3, -0.25) is 4.79 Å². The van der Waals surface area contributed by atoms with Crippen LogP contribution < -0.4 is 9.54 Å². The van der Waals surface area contributed by atoms with Crippen molar-refractivity contribution in [3.63, 3.8) is 0 Å². The lowest BCUT2D eigenvalue weighted by molar-refractivity contribution is 0.0997. The highest BCUT2D eigenvalue weighted by Gasteiger charge is 2.11. The van der Waals surface area contributed by atoms with Crippen LogP contribution in [0.25, 0.3) is 21.0 Å². The molecule has 0 aliphatic rings. The summed E-state index contributed by atoms with van der Waals surface area (Å²) in [6, 6.07) is 19.4. The zero-order valence-electron chi connectivity index (χ0n) is 14.9. The topological polar surface area (TPSA) is 43.6 Å². The van der Waals surface area contributed by atoms with Gasteiger partial charge in [-0.2, -0.15) is 4.99 Å². The fourth-order valence-corrected chi connectivity index (χ4v) is 4.27. The first-order chi connectivity index (χ1) is 13.2. The molecule has 27 heavy (non-hydrogen) atoms. The number of ether oxygens (including phenoxy) is 1. The first-order valence-corrected chi connectivity index (χ1v) is 9.38. The van der Waals surface area contributed by atoms with Crippen LogP contribution in [0.15, 0.2) is 78.3 Å². The molecule has 4 nitrogen and oxygen atoms in total. The molecule has 4 rings (SSSR count). The van der Waals surface area contributed by atoms with Gasteiger partial charge in [-0.25, -0.2) is 0 Å². The molecular weight excluding hydrogens is 356 g/mol. The molecule has 0 spiro atoms. The predicted octanol–water partition coefficient (Wildman–Crippen LogP) is 4.79. The van der Waals surface area contributed by atoms with Gasteiger partial charge in [0, 0.05) is 17.5 Å². The summed E-state index contributed by atoms with van der Waals surface area (Å²) in [6.07, 6.45) is 1.82. The largest absolute Gasteiger partial charge is 0.497 e. The molecule has 0 aliphatic heterocycles. The van der Waals surface area contributed by atoms with Crippen molar-refractivity contribution >= 4 is 38.2 Å². The van der Waals surface area contributed by atoms with Crippen molar-refractivity contribution in [1.82, 2.24) is 4.57 Å². The van der Waals surface area contributed by atoms with E-state index in [4.69, 9.17) is 4.74 Å². The van der Waals surface area contributed by atoms with Crippen molar-refractivity contribution in [1.29, 1.82) is 0 Å². The van der Waals surface area contributed by atoms with Crippen LogP contribution in [0.1, 0.15) is 10.4 Å². The lowest BCUT2D eigenvalue weighted by atomic mass is 10.1. The Morgan fingerprint density at radius 2 is 2.04 bits per heavy atom. The number of thiazole rings is 1. The zero-order chi connectivity index (χ0) is 18.8. The molecule has 1 heterocycles. The molecular formula is C22H18N2O2S. The van der Waals surface area contributed by atoms with E-state index in [-0.39, 0.29) is 5.91 Å². The van der Waals surface area contributed by atoms with E-state index in [1.165, 1.54) is 16.7 Å². The Labute approximate surface area is 160 Å². The van der Waals surface area contributed by atoms with Crippen LogP contribution in [0.4, 0.5) is 0 Å². The number of carbonyl (C=O) groups excluding carboxylic acids is 1. The van der Waals surface area contributed by atoms with Gasteiger partial charge < -0.3 is 9.30 Å². The Morgan fingerprint density at radius 3 is 2.85 bits per heavy atom. The second kappa shape index (κ2) is 7.21. The normalized spacial score (nSPS) is 11.8. The number of allylic oxidation sites excluding steroid dienone is 1. The summed E-state index contributed by atoms with van der Waals surface area (Å²) in [7, 11) is 1.58.